The average Bonchev–Trinajstić information content (AvgIpc) is 3.40. The molecule has 0 unspecified atom stereocenters. The van der Waals surface area contributed by atoms with Gasteiger partial charge in [0.15, 0.2) is 0 Å². The van der Waals surface area contributed by atoms with Crippen LogP contribution in [0.4, 0.5) is 0 Å². The summed E-state index contributed by atoms with van der Waals surface area (Å²) in [5.41, 5.74) is 1.47. The first kappa shape index (κ1) is 16.1. The molecule has 0 radical (unpaired) electrons. The molecule has 0 N–H and O–H groups in total. The molecule has 1 saturated carbocycles. The molecule has 0 spiro atoms. The van der Waals surface area contributed by atoms with Crippen LogP contribution in [0.25, 0.3) is 0 Å². The number of pyridine rings is 1. The summed E-state index contributed by atoms with van der Waals surface area (Å²) in [5, 5.41) is 0. The van der Waals surface area contributed by atoms with Crippen LogP contribution in [0.15, 0.2) is 43.0 Å². The van der Waals surface area contributed by atoms with Crippen LogP contribution in [0.5, 0.6) is 0 Å². The predicted octanol–water partition coefficient (Wildman–Crippen LogP) is 2.15. The van der Waals surface area contributed by atoms with Crippen LogP contribution < -0.4 is 0 Å². The zero-order chi connectivity index (χ0) is 17.1. The van der Waals surface area contributed by atoms with E-state index in [1.54, 1.807) is 12.3 Å². The maximum atomic E-state index is 12.7. The zero-order valence-corrected chi connectivity index (χ0v) is 14.1. The summed E-state index contributed by atoms with van der Waals surface area (Å²) in [6.07, 6.45) is 7.39. The highest BCUT2D eigenvalue weighted by molar-refractivity contribution is 5.92. The fourth-order valence-electron chi connectivity index (χ4n) is 3.39. The largest absolute Gasteiger partial charge is 0.381 e. The molecule has 4 rings (SSSR count). The number of nitrogens with zero attached hydrogens (tertiary/aromatic N) is 4. The van der Waals surface area contributed by atoms with Gasteiger partial charge in [0.05, 0.1) is 6.61 Å². The molecule has 1 aliphatic heterocycles. The molecule has 130 valence electrons. The molecule has 1 aliphatic carbocycles. The van der Waals surface area contributed by atoms with Gasteiger partial charge in [-0.05, 0) is 37.0 Å². The first-order valence-corrected chi connectivity index (χ1v) is 8.85. The van der Waals surface area contributed by atoms with Crippen molar-refractivity contribution in [3.05, 3.63) is 54.4 Å². The van der Waals surface area contributed by atoms with E-state index in [4.69, 9.17) is 4.74 Å². The highest BCUT2D eigenvalue weighted by Gasteiger charge is 2.38. The Kier molecular flexibility index (Phi) is 4.70. The molecule has 2 atom stereocenters. The van der Waals surface area contributed by atoms with E-state index in [1.807, 2.05) is 29.3 Å². The Morgan fingerprint density at radius 3 is 2.76 bits per heavy atom. The van der Waals surface area contributed by atoms with Gasteiger partial charge < -0.3 is 9.64 Å². The Morgan fingerprint density at radius 1 is 1.12 bits per heavy atom. The van der Waals surface area contributed by atoms with Crippen molar-refractivity contribution in [1.29, 1.82) is 0 Å². The van der Waals surface area contributed by atoms with Gasteiger partial charge in [-0.1, -0.05) is 6.07 Å². The Hall–Kier alpha value is -2.34. The molecule has 25 heavy (non-hydrogen) atoms. The van der Waals surface area contributed by atoms with Crippen LogP contribution in [0.3, 0.4) is 0 Å². The third-order valence-electron chi connectivity index (χ3n) is 4.98. The first-order chi connectivity index (χ1) is 12.3. The molecule has 6 nitrogen and oxygen atoms in total. The number of amides is 1. The van der Waals surface area contributed by atoms with Gasteiger partial charge in [-0.2, -0.15) is 0 Å². The van der Waals surface area contributed by atoms with Crippen LogP contribution in [0.2, 0.25) is 0 Å². The van der Waals surface area contributed by atoms with Gasteiger partial charge in [-0.25, -0.2) is 9.97 Å². The Labute approximate surface area is 147 Å². The molecule has 1 amide bonds. The second kappa shape index (κ2) is 7.27. The minimum absolute atomic E-state index is 0.0481. The molecule has 2 aromatic rings. The van der Waals surface area contributed by atoms with E-state index >= 15 is 0 Å². The lowest BCUT2D eigenvalue weighted by molar-refractivity contribution is 0.0734. The van der Waals surface area contributed by atoms with E-state index in [9.17, 15) is 4.79 Å². The van der Waals surface area contributed by atoms with Crippen molar-refractivity contribution in [2.45, 2.75) is 18.8 Å². The van der Waals surface area contributed by atoms with Crippen molar-refractivity contribution >= 4 is 5.91 Å². The van der Waals surface area contributed by atoms with Gasteiger partial charge in [-0.15, -0.1) is 0 Å². The smallest absolute Gasteiger partial charge is 0.272 e. The van der Waals surface area contributed by atoms with Crippen molar-refractivity contribution < 1.29 is 9.53 Å². The standard InChI is InChI=1S/C19H22N4O2/c24-19(18-6-8-20-13-22-18)23-9-15(12-25-11-14-4-5-14)16(10-23)17-3-1-2-7-21-17/h1-3,6-8,13-16H,4-5,9-12H2/t15-,16+/m0/s1. The number of aromatic nitrogens is 3. The summed E-state index contributed by atoms with van der Waals surface area (Å²) in [6, 6.07) is 7.62. The number of ether oxygens (including phenoxy) is 1. The third-order valence-corrected chi connectivity index (χ3v) is 4.98. The molecular weight excluding hydrogens is 316 g/mol. The molecule has 0 aromatic carbocycles. The minimum Gasteiger partial charge on any atom is -0.381 e. The van der Waals surface area contributed by atoms with E-state index in [-0.39, 0.29) is 17.7 Å². The summed E-state index contributed by atoms with van der Waals surface area (Å²) in [4.78, 5) is 27.1. The van der Waals surface area contributed by atoms with E-state index in [2.05, 4.69) is 15.0 Å². The summed E-state index contributed by atoms with van der Waals surface area (Å²) in [6.45, 7) is 2.84. The maximum absolute atomic E-state index is 12.7. The highest BCUT2D eigenvalue weighted by Crippen LogP contribution is 2.34. The maximum Gasteiger partial charge on any atom is 0.272 e. The molecule has 2 aromatic heterocycles. The summed E-state index contributed by atoms with van der Waals surface area (Å²) < 4.78 is 5.94. The first-order valence-electron chi connectivity index (χ1n) is 8.85. The van der Waals surface area contributed by atoms with Gasteiger partial charge >= 0.3 is 0 Å². The number of carbonyl (C=O) groups excluding carboxylic acids is 1. The molecular formula is C19H22N4O2. The lowest BCUT2D eigenvalue weighted by Gasteiger charge is -2.17. The quantitative estimate of drug-likeness (QED) is 0.807. The van der Waals surface area contributed by atoms with E-state index < -0.39 is 0 Å². The monoisotopic (exact) mass is 338 g/mol. The van der Waals surface area contributed by atoms with Crippen molar-refractivity contribution in [2.24, 2.45) is 11.8 Å². The summed E-state index contributed by atoms with van der Waals surface area (Å²) in [7, 11) is 0. The Balaban J connectivity index is 1.48. The van der Waals surface area contributed by atoms with Crippen LogP contribution in [-0.4, -0.2) is 52.1 Å². The van der Waals surface area contributed by atoms with Gasteiger partial charge in [-0.3, -0.25) is 9.78 Å². The van der Waals surface area contributed by atoms with Gasteiger partial charge in [0.1, 0.15) is 12.0 Å². The molecule has 2 aliphatic rings. The molecule has 3 heterocycles. The molecule has 2 fully saturated rings. The number of rotatable bonds is 6. The van der Waals surface area contributed by atoms with Gasteiger partial charge in [0, 0.05) is 49.6 Å². The zero-order valence-electron chi connectivity index (χ0n) is 14.1. The second-order valence-corrected chi connectivity index (χ2v) is 6.91. The van der Waals surface area contributed by atoms with Crippen LogP contribution in [0.1, 0.15) is 34.9 Å². The number of hydrogen-bond acceptors (Lipinski definition) is 5. The SMILES string of the molecule is O=C(c1ccncn1)N1C[C@@H](COCC2CC2)[C@H](c2ccccn2)C1. The molecule has 1 saturated heterocycles. The number of likely N-dealkylation sites (tertiary alicyclic amines) is 1. The summed E-state index contributed by atoms with van der Waals surface area (Å²) >= 11 is 0. The molecule has 0 bridgehead atoms. The normalized spacial score (nSPS) is 23.0. The van der Waals surface area contributed by atoms with Gasteiger partial charge in [0.25, 0.3) is 5.91 Å². The van der Waals surface area contributed by atoms with Crippen molar-refractivity contribution in [3.8, 4) is 0 Å². The predicted molar refractivity (Wildman–Crippen MR) is 91.9 cm³/mol. The van der Waals surface area contributed by atoms with Crippen LogP contribution >= 0.6 is 0 Å². The topological polar surface area (TPSA) is 68.2 Å². The van der Waals surface area contributed by atoms with Gasteiger partial charge in [0.2, 0.25) is 0 Å². The van der Waals surface area contributed by atoms with E-state index in [0.717, 1.165) is 18.2 Å². The summed E-state index contributed by atoms with van der Waals surface area (Å²) in [5.74, 6) is 1.16. The average molecular weight is 338 g/mol. The second-order valence-electron chi connectivity index (χ2n) is 6.91. The molecule has 6 heteroatoms. The van der Waals surface area contributed by atoms with Crippen LogP contribution in [0, 0.1) is 11.8 Å². The lowest BCUT2D eigenvalue weighted by atomic mass is 9.93. The number of carbonyl (C=O) groups is 1. The number of hydrogen-bond donors (Lipinski definition) is 0. The van der Waals surface area contributed by atoms with Crippen molar-refractivity contribution in [1.82, 2.24) is 19.9 Å². The lowest BCUT2D eigenvalue weighted by Crippen LogP contribution is -2.30. The van der Waals surface area contributed by atoms with Crippen molar-refractivity contribution in [3.63, 3.8) is 0 Å². The van der Waals surface area contributed by atoms with Crippen LogP contribution in [-0.2, 0) is 4.74 Å². The Morgan fingerprint density at radius 2 is 2.04 bits per heavy atom. The highest BCUT2D eigenvalue weighted by atomic mass is 16.5. The van der Waals surface area contributed by atoms with Crippen molar-refractivity contribution in [2.75, 3.05) is 26.3 Å². The fourth-order valence-corrected chi connectivity index (χ4v) is 3.39. The minimum atomic E-state index is -0.0481. The van der Waals surface area contributed by atoms with E-state index in [1.165, 1.54) is 19.2 Å². The Bertz CT molecular complexity index is 706. The fraction of sp³-hybridized carbons (Fsp3) is 0.474. The van der Waals surface area contributed by atoms with E-state index in [0.29, 0.717) is 25.4 Å². The third kappa shape index (κ3) is 3.85.